The van der Waals surface area contributed by atoms with E-state index < -0.39 is 0 Å². The number of carbonyl (C=O) groups excluding carboxylic acids is 2. The van der Waals surface area contributed by atoms with Crippen LogP contribution < -0.4 is 20.7 Å². The van der Waals surface area contributed by atoms with Gasteiger partial charge in [-0.2, -0.15) is 0 Å². The predicted molar refractivity (Wildman–Crippen MR) is 114 cm³/mol. The van der Waals surface area contributed by atoms with Gasteiger partial charge in [-0.15, -0.1) is 21.5 Å². The Hall–Kier alpha value is -2.63. The number of nitrogens with one attached hydrogen (secondary N) is 3. The SMILES string of the molecule is CCOc1ccc(NC(=O)CSc2nnc(NC(=O)Nc3cccs3)s2)cc1. The molecule has 0 fully saturated rings. The van der Waals surface area contributed by atoms with E-state index in [-0.39, 0.29) is 17.7 Å². The van der Waals surface area contributed by atoms with E-state index in [4.69, 9.17) is 4.74 Å². The van der Waals surface area contributed by atoms with Crippen LogP contribution in [0.1, 0.15) is 6.92 Å². The maximum atomic E-state index is 12.1. The summed E-state index contributed by atoms with van der Waals surface area (Å²) in [6.45, 7) is 2.51. The Bertz CT molecular complexity index is 913. The number of thioether (sulfide) groups is 1. The van der Waals surface area contributed by atoms with E-state index in [1.165, 1.54) is 34.4 Å². The molecule has 2 heterocycles. The molecule has 0 saturated heterocycles. The number of ether oxygens (including phenoxy) is 1. The van der Waals surface area contributed by atoms with Crippen molar-refractivity contribution in [3.05, 3.63) is 41.8 Å². The zero-order chi connectivity index (χ0) is 19.8. The number of nitrogens with zero attached hydrogens (tertiary/aromatic N) is 2. The van der Waals surface area contributed by atoms with Gasteiger partial charge >= 0.3 is 6.03 Å². The smallest absolute Gasteiger partial charge is 0.326 e. The molecule has 146 valence electrons. The molecule has 3 amide bonds. The van der Waals surface area contributed by atoms with Gasteiger partial charge in [-0.25, -0.2) is 4.79 Å². The first kappa shape index (κ1) is 20.1. The van der Waals surface area contributed by atoms with Crippen molar-refractivity contribution < 1.29 is 14.3 Å². The van der Waals surface area contributed by atoms with Crippen LogP contribution in [0.25, 0.3) is 0 Å². The van der Waals surface area contributed by atoms with Gasteiger partial charge in [0.05, 0.1) is 17.4 Å². The Morgan fingerprint density at radius 3 is 2.64 bits per heavy atom. The van der Waals surface area contributed by atoms with Crippen molar-refractivity contribution >= 4 is 62.2 Å². The summed E-state index contributed by atoms with van der Waals surface area (Å²) < 4.78 is 5.96. The summed E-state index contributed by atoms with van der Waals surface area (Å²) >= 11 is 3.88. The molecule has 3 rings (SSSR count). The monoisotopic (exact) mass is 435 g/mol. The van der Waals surface area contributed by atoms with Gasteiger partial charge in [0, 0.05) is 5.69 Å². The molecule has 28 heavy (non-hydrogen) atoms. The van der Waals surface area contributed by atoms with Crippen molar-refractivity contribution in [1.82, 2.24) is 10.2 Å². The highest BCUT2D eigenvalue weighted by atomic mass is 32.2. The lowest BCUT2D eigenvalue weighted by Crippen LogP contribution is -2.18. The highest BCUT2D eigenvalue weighted by Crippen LogP contribution is 2.26. The van der Waals surface area contributed by atoms with Crippen LogP contribution in [0.4, 0.5) is 20.6 Å². The maximum Gasteiger partial charge on any atom is 0.326 e. The van der Waals surface area contributed by atoms with Crippen molar-refractivity contribution in [1.29, 1.82) is 0 Å². The molecule has 0 spiro atoms. The van der Waals surface area contributed by atoms with E-state index in [0.29, 0.717) is 21.8 Å². The molecule has 0 aliphatic heterocycles. The largest absolute Gasteiger partial charge is 0.494 e. The molecule has 0 aliphatic carbocycles. The van der Waals surface area contributed by atoms with Gasteiger partial charge in [-0.05, 0) is 48.7 Å². The lowest BCUT2D eigenvalue weighted by Gasteiger charge is -2.06. The molecular formula is C17H17N5O3S3. The van der Waals surface area contributed by atoms with E-state index in [9.17, 15) is 9.59 Å². The highest BCUT2D eigenvalue weighted by Gasteiger charge is 2.11. The molecule has 3 aromatic rings. The Kier molecular flexibility index (Phi) is 7.23. The van der Waals surface area contributed by atoms with Crippen molar-refractivity contribution in [2.24, 2.45) is 0 Å². The van der Waals surface area contributed by atoms with Crippen LogP contribution in [0.3, 0.4) is 0 Å². The van der Waals surface area contributed by atoms with Gasteiger partial charge < -0.3 is 10.1 Å². The molecule has 0 radical (unpaired) electrons. The predicted octanol–water partition coefficient (Wildman–Crippen LogP) is 4.37. The first-order valence-electron chi connectivity index (χ1n) is 8.23. The second-order valence-corrected chi connectivity index (χ2v) is 8.37. The van der Waals surface area contributed by atoms with Gasteiger partial charge in [0.1, 0.15) is 5.75 Å². The molecule has 2 aromatic heterocycles. The molecule has 0 aliphatic rings. The molecule has 0 unspecified atom stereocenters. The number of anilines is 3. The number of urea groups is 1. The normalized spacial score (nSPS) is 10.3. The van der Waals surface area contributed by atoms with Crippen molar-refractivity contribution in [3.8, 4) is 5.75 Å². The fraction of sp³-hybridized carbons (Fsp3) is 0.176. The number of thiophene rings is 1. The van der Waals surface area contributed by atoms with E-state index in [1.807, 2.05) is 18.4 Å². The first-order valence-corrected chi connectivity index (χ1v) is 10.9. The molecule has 0 saturated carbocycles. The molecule has 8 nitrogen and oxygen atoms in total. The topological polar surface area (TPSA) is 105 Å². The van der Waals surface area contributed by atoms with Gasteiger partial charge in [-0.3, -0.25) is 15.4 Å². The minimum Gasteiger partial charge on any atom is -0.494 e. The number of hydrogen-bond acceptors (Lipinski definition) is 8. The average Bonchev–Trinajstić information content (AvgIpc) is 3.34. The van der Waals surface area contributed by atoms with Crippen LogP contribution in [-0.4, -0.2) is 34.5 Å². The van der Waals surface area contributed by atoms with E-state index in [2.05, 4.69) is 26.1 Å². The third kappa shape index (κ3) is 6.22. The maximum absolute atomic E-state index is 12.1. The van der Waals surface area contributed by atoms with Crippen LogP contribution in [0, 0.1) is 0 Å². The quantitative estimate of drug-likeness (QED) is 0.358. The van der Waals surface area contributed by atoms with Crippen molar-refractivity contribution in [2.45, 2.75) is 11.3 Å². The lowest BCUT2D eigenvalue weighted by molar-refractivity contribution is -0.113. The van der Waals surface area contributed by atoms with Crippen LogP contribution in [0.15, 0.2) is 46.1 Å². The fourth-order valence-corrected chi connectivity index (χ4v) is 4.19. The van der Waals surface area contributed by atoms with E-state index >= 15 is 0 Å². The average molecular weight is 436 g/mol. The summed E-state index contributed by atoms with van der Waals surface area (Å²) in [5.41, 5.74) is 0.693. The number of carbonyl (C=O) groups is 2. The highest BCUT2D eigenvalue weighted by molar-refractivity contribution is 8.01. The minimum absolute atomic E-state index is 0.158. The molecule has 11 heteroatoms. The second-order valence-electron chi connectivity index (χ2n) is 5.22. The fourth-order valence-electron chi connectivity index (χ4n) is 2.03. The van der Waals surface area contributed by atoms with Crippen LogP contribution in [-0.2, 0) is 4.79 Å². The molecule has 1 aromatic carbocycles. The number of hydrogen-bond donors (Lipinski definition) is 3. The Balaban J connectivity index is 1.43. The minimum atomic E-state index is -0.386. The first-order chi connectivity index (χ1) is 13.6. The summed E-state index contributed by atoms with van der Waals surface area (Å²) in [6, 6.07) is 10.4. The van der Waals surface area contributed by atoms with Gasteiger partial charge in [0.25, 0.3) is 0 Å². The van der Waals surface area contributed by atoms with Crippen LogP contribution in [0.2, 0.25) is 0 Å². The number of rotatable bonds is 8. The molecule has 0 atom stereocenters. The molecule has 0 bridgehead atoms. The zero-order valence-corrected chi connectivity index (χ0v) is 17.2. The van der Waals surface area contributed by atoms with Crippen LogP contribution >= 0.6 is 34.4 Å². The second kappa shape index (κ2) is 10.1. The summed E-state index contributed by atoms with van der Waals surface area (Å²) in [4.78, 5) is 23.9. The lowest BCUT2D eigenvalue weighted by atomic mass is 10.3. The number of aromatic nitrogens is 2. The summed E-state index contributed by atoms with van der Waals surface area (Å²) in [5.74, 6) is 0.782. The third-order valence-electron chi connectivity index (χ3n) is 3.16. The van der Waals surface area contributed by atoms with Crippen LogP contribution in [0.5, 0.6) is 5.75 Å². The molecule has 3 N–H and O–H groups in total. The summed E-state index contributed by atoms with van der Waals surface area (Å²) in [7, 11) is 0. The van der Waals surface area contributed by atoms with E-state index in [0.717, 1.165) is 10.8 Å². The standard InChI is InChI=1S/C17H17N5O3S3/c1-2-25-12-7-5-11(6-8-12)18-13(23)10-27-17-22-21-16(28-17)20-15(24)19-14-4-3-9-26-14/h3-9H,2,10H2,1H3,(H,18,23)(H2,19,20,21,24). The number of benzene rings is 1. The molecular weight excluding hydrogens is 418 g/mol. The third-order valence-corrected chi connectivity index (χ3v) is 5.92. The Morgan fingerprint density at radius 1 is 1.11 bits per heavy atom. The van der Waals surface area contributed by atoms with Gasteiger partial charge in [0.15, 0.2) is 4.34 Å². The zero-order valence-electron chi connectivity index (χ0n) is 14.8. The van der Waals surface area contributed by atoms with Crippen molar-refractivity contribution in [3.63, 3.8) is 0 Å². The summed E-state index contributed by atoms with van der Waals surface area (Å²) in [6.07, 6.45) is 0. The Labute approximate surface area is 173 Å². The summed E-state index contributed by atoms with van der Waals surface area (Å²) in [5, 5.41) is 19.0. The number of amides is 3. The Morgan fingerprint density at radius 2 is 1.93 bits per heavy atom. The van der Waals surface area contributed by atoms with E-state index in [1.54, 1.807) is 30.3 Å². The van der Waals surface area contributed by atoms with Gasteiger partial charge in [0.2, 0.25) is 11.0 Å². The van der Waals surface area contributed by atoms with Crippen molar-refractivity contribution in [2.75, 3.05) is 28.3 Å². The van der Waals surface area contributed by atoms with Gasteiger partial charge in [-0.1, -0.05) is 23.1 Å².